The number of esters is 2. The van der Waals surface area contributed by atoms with Crippen LogP contribution in [0.25, 0.3) is 0 Å². The van der Waals surface area contributed by atoms with Crippen LogP contribution in [0.5, 0.6) is 0 Å². The first-order valence-corrected chi connectivity index (χ1v) is 14.5. The number of ether oxygens (including phenoxy) is 2. The zero-order valence-corrected chi connectivity index (χ0v) is 21.6. The Morgan fingerprint density at radius 3 is 2.38 bits per heavy atom. The lowest BCUT2D eigenvalue weighted by Gasteiger charge is -2.44. The summed E-state index contributed by atoms with van der Waals surface area (Å²) in [5, 5.41) is 0. The van der Waals surface area contributed by atoms with Gasteiger partial charge in [-0.3, -0.25) is 9.59 Å². The summed E-state index contributed by atoms with van der Waals surface area (Å²) < 4.78 is 12.6. The Morgan fingerprint density at radius 1 is 0.853 bits per heavy atom. The van der Waals surface area contributed by atoms with Crippen molar-refractivity contribution >= 4 is 11.9 Å². The second-order valence-corrected chi connectivity index (χ2v) is 15.1. The van der Waals surface area contributed by atoms with Crippen molar-refractivity contribution in [2.24, 2.45) is 70.5 Å². The molecule has 0 N–H and O–H groups in total. The van der Waals surface area contributed by atoms with E-state index in [1.807, 2.05) is 0 Å². The largest absolute Gasteiger partial charge is 0.462 e. The maximum absolute atomic E-state index is 13.7. The quantitative estimate of drug-likeness (QED) is 0.366. The molecule has 0 aliphatic heterocycles. The summed E-state index contributed by atoms with van der Waals surface area (Å²) in [6.07, 6.45) is 11.3. The van der Waals surface area contributed by atoms with E-state index in [2.05, 4.69) is 27.7 Å². The van der Waals surface area contributed by atoms with E-state index in [0.29, 0.717) is 47.8 Å². The zero-order chi connectivity index (χ0) is 23.6. The van der Waals surface area contributed by atoms with Crippen molar-refractivity contribution in [1.29, 1.82) is 0 Å². The molecule has 0 aromatic carbocycles. The normalized spacial score (nSPS) is 53.5. The molecule has 34 heavy (non-hydrogen) atoms. The molecular weight excluding hydrogens is 424 g/mol. The third kappa shape index (κ3) is 3.14. The molecule has 0 spiro atoms. The maximum atomic E-state index is 13.7. The van der Waals surface area contributed by atoms with Crippen LogP contribution in [-0.4, -0.2) is 23.6 Å². The van der Waals surface area contributed by atoms with Crippen LogP contribution < -0.4 is 0 Å². The molecule has 8 saturated carbocycles. The minimum absolute atomic E-state index is 0.0118. The molecule has 4 nitrogen and oxygen atoms in total. The van der Waals surface area contributed by atoms with E-state index < -0.39 is 0 Å². The Morgan fingerprint density at radius 2 is 1.62 bits per heavy atom. The van der Waals surface area contributed by atoms with E-state index in [1.165, 1.54) is 38.5 Å². The number of carbonyl (C=O) groups is 2. The van der Waals surface area contributed by atoms with Gasteiger partial charge in [0.25, 0.3) is 0 Å². The van der Waals surface area contributed by atoms with Crippen LogP contribution in [0.2, 0.25) is 0 Å². The fourth-order valence-electron chi connectivity index (χ4n) is 11.1. The van der Waals surface area contributed by atoms with Crippen molar-refractivity contribution in [1.82, 2.24) is 0 Å². The van der Waals surface area contributed by atoms with Crippen molar-refractivity contribution in [2.75, 3.05) is 0 Å². The van der Waals surface area contributed by atoms with Gasteiger partial charge < -0.3 is 9.47 Å². The van der Waals surface area contributed by atoms with E-state index in [0.717, 1.165) is 37.0 Å². The van der Waals surface area contributed by atoms with Crippen molar-refractivity contribution in [3.8, 4) is 0 Å². The Labute approximate surface area is 205 Å². The monoisotopic (exact) mass is 468 g/mol. The molecule has 0 radical (unpaired) electrons. The minimum atomic E-state index is -0.199. The third-order valence-corrected chi connectivity index (χ3v) is 12.3. The fraction of sp³-hybridized carbons (Fsp3) is 0.933. The Balaban J connectivity index is 1.02. The predicted octanol–water partition coefficient (Wildman–Crippen LogP) is 6.02. The lowest BCUT2D eigenvalue weighted by molar-refractivity contribution is -0.180. The van der Waals surface area contributed by atoms with Crippen LogP contribution in [0, 0.1) is 70.5 Å². The summed E-state index contributed by atoms with van der Waals surface area (Å²) >= 11 is 0. The summed E-state index contributed by atoms with van der Waals surface area (Å²) in [6.45, 7) is 8.82. The molecule has 8 aliphatic carbocycles. The number of fused-ring (bicyclic) bond motifs is 9. The van der Waals surface area contributed by atoms with Crippen LogP contribution in [0.15, 0.2) is 0 Å². The third-order valence-electron chi connectivity index (χ3n) is 12.3. The lowest BCUT2D eigenvalue weighted by Crippen LogP contribution is -2.47. The molecule has 0 aromatic rings. The van der Waals surface area contributed by atoms with Gasteiger partial charge in [-0.05, 0) is 123 Å². The fourth-order valence-corrected chi connectivity index (χ4v) is 11.1. The van der Waals surface area contributed by atoms with Crippen LogP contribution in [0.1, 0.15) is 91.9 Å². The molecule has 8 fully saturated rings. The second kappa shape index (κ2) is 7.25. The smallest absolute Gasteiger partial charge is 0.309 e. The summed E-state index contributed by atoms with van der Waals surface area (Å²) in [5.74, 6) is 6.85. The Kier molecular flexibility index (Phi) is 4.73. The van der Waals surface area contributed by atoms with Crippen LogP contribution >= 0.6 is 0 Å². The highest BCUT2D eigenvalue weighted by Gasteiger charge is 2.68. The van der Waals surface area contributed by atoms with Crippen LogP contribution in [-0.2, 0) is 19.1 Å². The van der Waals surface area contributed by atoms with Gasteiger partial charge in [-0.2, -0.15) is 0 Å². The summed E-state index contributed by atoms with van der Waals surface area (Å²) in [7, 11) is 0. The second-order valence-electron chi connectivity index (χ2n) is 15.1. The molecule has 0 heterocycles. The Hall–Kier alpha value is -1.06. The van der Waals surface area contributed by atoms with E-state index >= 15 is 0 Å². The first kappa shape index (κ1) is 22.2. The average molecular weight is 469 g/mol. The number of hydrogen-bond donors (Lipinski definition) is 0. The van der Waals surface area contributed by atoms with E-state index in [-0.39, 0.29) is 35.0 Å². The van der Waals surface area contributed by atoms with Crippen LogP contribution in [0.3, 0.4) is 0 Å². The van der Waals surface area contributed by atoms with Crippen molar-refractivity contribution in [2.45, 2.75) is 104 Å². The number of rotatable bonds is 5. The topological polar surface area (TPSA) is 52.6 Å². The number of carbonyl (C=O) groups excluding carboxylic acids is 2. The van der Waals surface area contributed by atoms with Crippen molar-refractivity contribution < 1.29 is 19.1 Å². The van der Waals surface area contributed by atoms with Gasteiger partial charge in [0.05, 0.1) is 5.92 Å². The van der Waals surface area contributed by atoms with Crippen molar-refractivity contribution in [3.63, 3.8) is 0 Å². The van der Waals surface area contributed by atoms with Gasteiger partial charge in [-0.1, -0.05) is 20.8 Å². The molecule has 188 valence electrons. The minimum Gasteiger partial charge on any atom is -0.462 e. The van der Waals surface area contributed by atoms with Gasteiger partial charge in [0.2, 0.25) is 0 Å². The zero-order valence-electron chi connectivity index (χ0n) is 21.6. The lowest BCUT2D eigenvalue weighted by atomic mass is 9.66. The van der Waals surface area contributed by atoms with Crippen molar-refractivity contribution in [3.05, 3.63) is 0 Å². The van der Waals surface area contributed by atoms with E-state index in [4.69, 9.17) is 9.47 Å². The molecule has 0 amide bonds. The highest BCUT2D eigenvalue weighted by atomic mass is 16.6. The highest BCUT2D eigenvalue weighted by Crippen LogP contribution is 2.70. The summed E-state index contributed by atoms with van der Waals surface area (Å²) in [5.41, 5.74) is -0.0400. The van der Waals surface area contributed by atoms with Gasteiger partial charge in [0.1, 0.15) is 11.7 Å². The maximum Gasteiger partial charge on any atom is 0.309 e. The Bertz CT molecular complexity index is 885. The molecular formula is C30H44O4. The van der Waals surface area contributed by atoms with E-state index in [9.17, 15) is 9.59 Å². The first-order chi connectivity index (χ1) is 16.1. The molecule has 8 rings (SSSR count). The molecule has 13 unspecified atom stereocenters. The van der Waals surface area contributed by atoms with Gasteiger partial charge in [0, 0.05) is 12.3 Å². The molecule has 8 aliphatic rings. The van der Waals surface area contributed by atoms with E-state index in [1.54, 1.807) is 0 Å². The molecule has 4 heteroatoms. The predicted molar refractivity (Wildman–Crippen MR) is 128 cm³/mol. The number of hydrogen-bond acceptors (Lipinski definition) is 4. The summed E-state index contributed by atoms with van der Waals surface area (Å²) in [6, 6.07) is 0. The molecule has 0 saturated heterocycles. The summed E-state index contributed by atoms with van der Waals surface area (Å²) in [4.78, 5) is 26.3. The SMILES string of the molecule is CC(C)(C)CCC(=O)OC1CC2CC1C1C3CC(CC3C(=O)OC3(C)C4CC5CC(C4)C3C5)C21. The van der Waals surface area contributed by atoms with Crippen LogP contribution in [0.4, 0.5) is 0 Å². The average Bonchev–Trinajstić information content (AvgIpc) is 3.57. The molecule has 8 bridgehead atoms. The van der Waals surface area contributed by atoms with Gasteiger partial charge in [-0.25, -0.2) is 0 Å². The highest BCUT2D eigenvalue weighted by molar-refractivity contribution is 5.74. The van der Waals surface area contributed by atoms with Gasteiger partial charge in [0.15, 0.2) is 0 Å². The first-order valence-electron chi connectivity index (χ1n) is 14.5. The molecule has 13 atom stereocenters. The van der Waals surface area contributed by atoms with Gasteiger partial charge in [-0.15, -0.1) is 0 Å². The standard InChI is InChI=1S/C30H44O4/c1-29(2,3)6-5-25(31)33-24-14-18-13-22(24)27-20-11-17(26(18)27)12-21(20)28(32)34-30(4)19-8-15-7-16(10-19)23(30)9-15/h15-24,26-27H,5-14H2,1-4H3. The van der Waals surface area contributed by atoms with Gasteiger partial charge >= 0.3 is 11.9 Å². The molecule has 0 aromatic heterocycles.